The van der Waals surface area contributed by atoms with Crippen molar-refractivity contribution >= 4 is 17.5 Å². The molecule has 0 bridgehead atoms. The van der Waals surface area contributed by atoms with E-state index in [1.54, 1.807) is 6.07 Å². The first kappa shape index (κ1) is 20.6. The molecule has 2 aromatic rings. The first-order valence-electron chi connectivity index (χ1n) is 9.51. The fourth-order valence-electron chi connectivity index (χ4n) is 3.56. The summed E-state index contributed by atoms with van der Waals surface area (Å²) in [7, 11) is 0. The number of hydrogen-bond donors (Lipinski definition) is 2. The first-order chi connectivity index (χ1) is 13.4. The molecule has 1 aliphatic rings. The summed E-state index contributed by atoms with van der Waals surface area (Å²) < 4.78 is 19.9. The Morgan fingerprint density at radius 3 is 2.82 bits per heavy atom. The van der Waals surface area contributed by atoms with Crippen LogP contribution in [-0.2, 0) is 24.1 Å². The molecule has 3 rings (SSSR count). The largest absolute Gasteiger partial charge is 0.487 e. The summed E-state index contributed by atoms with van der Waals surface area (Å²) in [4.78, 5) is 11.8. The number of ether oxygens (including phenoxy) is 1. The van der Waals surface area contributed by atoms with Gasteiger partial charge in [0, 0.05) is 32.4 Å². The van der Waals surface area contributed by atoms with Gasteiger partial charge in [0.1, 0.15) is 17.2 Å². The van der Waals surface area contributed by atoms with Gasteiger partial charge in [0.05, 0.1) is 5.02 Å². The minimum atomic E-state index is -0.442. The van der Waals surface area contributed by atoms with E-state index >= 15 is 0 Å². The lowest BCUT2D eigenvalue weighted by molar-refractivity contribution is -0.121. The summed E-state index contributed by atoms with van der Waals surface area (Å²) in [5.41, 5.74) is 2.59. The summed E-state index contributed by atoms with van der Waals surface area (Å²) in [6.07, 6.45) is 2.93. The predicted octanol–water partition coefficient (Wildman–Crippen LogP) is 3.85. The van der Waals surface area contributed by atoms with Crippen molar-refractivity contribution < 1.29 is 19.0 Å². The van der Waals surface area contributed by atoms with Crippen molar-refractivity contribution in [2.24, 2.45) is 0 Å². The van der Waals surface area contributed by atoms with Crippen LogP contribution in [0.1, 0.15) is 36.5 Å². The van der Waals surface area contributed by atoms with Crippen LogP contribution in [0.15, 0.2) is 36.4 Å². The van der Waals surface area contributed by atoms with Gasteiger partial charge in [-0.25, -0.2) is 4.39 Å². The van der Waals surface area contributed by atoms with Gasteiger partial charge < -0.3 is 15.2 Å². The van der Waals surface area contributed by atoms with Gasteiger partial charge in [-0.1, -0.05) is 29.8 Å². The van der Waals surface area contributed by atoms with Crippen molar-refractivity contribution in [3.05, 3.63) is 63.9 Å². The fraction of sp³-hybridized carbons (Fsp3) is 0.409. The van der Waals surface area contributed by atoms with Crippen LogP contribution in [0.25, 0.3) is 0 Å². The van der Waals surface area contributed by atoms with Gasteiger partial charge in [0.2, 0.25) is 5.91 Å². The minimum absolute atomic E-state index is 0.0141. The number of amides is 1. The maximum Gasteiger partial charge on any atom is 0.220 e. The summed E-state index contributed by atoms with van der Waals surface area (Å²) >= 11 is 5.76. The zero-order valence-corrected chi connectivity index (χ0v) is 16.7. The van der Waals surface area contributed by atoms with Crippen molar-refractivity contribution in [3.63, 3.8) is 0 Å². The number of carbonyl (C=O) groups is 1. The van der Waals surface area contributed by atoms with Crippen LogP contribution < -0.4 is 10.1 Å². The average molecular weight is 406 g/mol. The van der Waals surface area contributed by atoms with Gasteiger partial charge in [0.25, 0.3) is 0 Å². The van der Waals surface area contributed by atoms with Gasteiger partial charge in [-0.2, -0.15) is 0 Å². The quantitative estimate of drug-likeness (QED) is 0.656. The second kappa shape index (κ2) is 8.93. The molecule has 1 aliphatic heterocycles. The maximum atomic E-state index is 13.7. The van der Waals surface area contributed by atoms with E-state index in [4.69, 9.17) is 21.4 Å². The number of hydrogen-bond acceptors (Lipinski definition) is 3. The van der Waals surface area contributed by atoms with Gasteiger partial charge in [-0.05, 0) is 54.7 Å². The molecule has 0 saturated carbocycles. The molecule has 1 heterocycles. The smallest absolute Gasteiger partial charge is 0.220 e. The number of aryl methyl sites for hydroxylation is 1. The Hall–Kier alpha value is -2.11. The Labute approximate surface area is 169 Å². The van der Waals surface area contributed by atoms with Gasteiger partial charge in [0.15, 0.2) is 0 Å². The van der Waals surface area contributed by atoms with E-state index in [1.807, 2.05) is 25.1 Å². The SMILES string of the molecule is CC1(Cc2ccc(Cl)c(F)c2)Cc2cc(CCC(=O)NCCCO)ccc2O1. The highest BCUT2D eigenvalue weighted by Crippen LogP contribution is 2.38. The lowest BCUT2D eigenvalue weighted by Crippen LogP contribution is -2.32. The molecule has 1 amide bonds. The molecule has 6 heteroatoms. The van der Waals surface area contributed by atoms with Crippen molar-refractivity contribution in [3.8, 4) is 5.75 Å². The third-order valence-corrected chi connectivity index (χ3v) is 5.21. The average Bonchev–Trinajstić information content (AvgIpc) is 2.98. The van der Waals surface area contributed by atoms with Crippen LogP contribution in [0.4, 0.5) is 4.39 Å². The van der Waals surface area contributed by atoms with E-state index in [0.717, 1.165) is 28.9 Å². The fourth-order valence-corrected chi connectivity index (χ4v) is 3.68. The lowest BCUT2D eigenvalue weighted by Gasteiger charge is -2.24. The van der Waals surface area contributed by atoms with Gasteiger partial charge in [-0.15, -0.1) is 0 Å². The zero-order chi connectivity index (χ0) is 20.1. The molecule has 0 saturated heterocycles. The van der Waals surface area contributed by atoms with Crippen molar-refractivity contribution in [1.29, 1.82) is 0 Å². The molecule has 0 fully saturated rings. The van der Waals surface area contributed by atoms with E-state index in [0.29, 0.717) is 32.2 Å². The molecule has 1 atom stereocenters. The minimum Gasteiger partial charge on any atom is -0.487 e. The Morgan fingerprint density at radius 1 is 1.29 bits per heavy atom. The van der Waals surface area contributed by atoms with Crippen LogP contribution in [0.2, 0.25) is 5.02 Å². The molecular formula is C22H25ClFNO3. The first-order valence-corrected chi connectivity index (χ1v) is 9.89. The van der Waals surface area contributed by atoms with E-state index in [9.17, 15) is 9.18 Å². The van der Waals surface area contributed by atoms with Crippen LogP contribution in [0.3, 0.4) is 0 Å². The molecule has 0 spiro atoms. The number of fused-ring (bicyclic) bond motifs is 1. The number of aliphatic hydroxyl groups excluding tert-OH is 1. The molecule has 2 N–H and O–H groups in total. The number of halogens is 2. The van der Waals surface area contributed by atoms with Crippen LogP contribution in [0, 0.1) is 5.82 Å². The standard InChI is InChI=1S/C22H25ClFNO3/c1-22(13-16-3-6-18(23)19(24)12-16)14-17-11-15(4-7-20(17)28-22)5-8-21(27)25-9-2-10-26/h3-4,6-7,11-12,26H,2,5,8-10,13-14H2,1H3,(H,25,27). The number of aliphatic hydroxyl groups is 1. The zero-order valence-electron chi connectivity index (χ0n) is 15.9. The highest BCUT2D eigenvalue weighted by molar-refractivity contribution is 6.30. The van der Waals surface area contributed by atoms with E-state index in [-0.39, 0.29) is 17.5 Å². The van der Waals surface area contributed by atoms with E-state index in [2.05, 4.69) is 11.4 Å². The molecule has 0 radical (unpaired) electrons. The van der Waals surface area contributed by atoms with Gasteiger partial charge >= 0.3 is 0 Å². The number of carbonyl (C=O) groups excluding carboxylic acids is 1. The van der Waals surface area contributed by atoms with E-state index < -0.39 is 11.4 Å². The maximum absolute atomic E-state index is 13.7. The second-order valence-corrected chi connectivity index (χ2v) is 7.93. The number of nitrogens with one attached hydrogen (secondary N) is 1. The second-order valence-electron chi connectivity index (χ2n) is 7.52. The molecule has 150 valence electrons. The highest BCUT2D eigenvalue weighted by atomic mass is 35.5. The Morgan fingerprint density at radius 2 is 2.07 bits per heavy atom. The molecular weight excluding hydrogens is 381 g/mol. The third kappa shape index (κ3) is 5.24. The molecule has 0 aromatic heterocycles. The molecule has 0 aliphatic carbocycles. The highest BCUT2D eigenvalue weighted by Gasteiger charge is 2.35. The van der Waals surface area contributed by atoms with Crippen LogP contribution in [0.5, 0.6) is 5.75 Å². The molecule has 28 heavy (non-hydrogen) atoms. The monoisotopic (exact) mass is 405 g/mol. The van der Waals surface area contributed by atoms with E-state index in [1.165, 1.54) is 6.07 Å². The summed E-state index contributed by atoms with van der Waals surface area (Å²) in [5.74, 6) is 0.408. The molecule has 1 unspecified atom stereocenters. The van der Waals surface area contributed by atoms with Crippen molar-refractivity contribution in [2.75, 3.05) is 13.2 Å². The number of rotatable bonds is 8. The normalized spacial score (nSPS) is 17.9. The van der Waals surface area contributed by atoms with Crippen molar-refractivity contribution in [2.45, 2.75) is 44.6 Å². The van der Waals surface area contributed by atoms with Crippen LogP contribution in [-0.4, -0.2) is 29.8 Å². The molecule has 4 nitrogen and oxygen atoms in total. The lowest BCUT2D eigenvalue weighted by atomic mass is 9.91. The van der Waals surface area contributed by atoms with Gasteiger partial charge in [-0.3, -0.25) is 4.79 Å². The Balaban J connectivity index is 1.59. The van der Waals surface area contributed by atoms with Crippen LogP contribution >= 0.6 is 11.6 Å². The predicted molar refractivity (Wildman–Crippen MR) is 107 cm³/mol. The number of benzene rings is 2. The van der Waals surface area contributed by atoms with Crippen molar-refractivity contribution in [1.82, 2.24) is 5.32 Å². The summed E-state index contributed by atoms with van der Waals surface area (Å²) in [6.45, 7) is 2.59. The molecule has 2 aromatic carbocycles. The topological polar surface area (TPSA) is 58.6 Å². The third-order valence-electron chi connectivity index (χ3n) is 4.91. The Bertz CT molecular complexity index is 858. The Kier molecular flexibility index (Phi) is 6.57. The summed E-state index contributed by atoms with van der Waals surface area (Å²) in [5, 5.41) is 11.7. The summed E-state index contributed by atoms with van der Waals surface area (Å²) in [6, 6.07) is 10.9.